The van der Waals surface area contributed by atoms with Gasteiger partial charge in [-0.3, -0.25) is 9.36 Å². The molecule has 0 N–H and O–H groups in total. The highest BCUT2D eigenvalue weighted by atomic mass is 35.5. The van der Waals surface area contributed by atoms with Crippen LogP contribution in [0.4, 0.5) is 0 Å². The van der Waals surface area contributed by atoms with Gasteiger partial charge in [0.2, 0.25) is 5.91 Å². The van der Waals surface area contributed by atoms with Crippen molar-refractivity contribution in [3.05, 3.63) is 64.1 Å². The predicted octanol–water partition coefficient (Wildman–Crippen LogP) is 5.26. The van der Waals surface area contributed by atoms with Crippen LogP contribution in [0.2, 0.25) is 10.0 Å². The Kier molecular flexibility index (Phi) is 7.58. The number of halogens is 2. The van der Waals surface area contributed by atoms with Gasteiger partial charge in [-0.2, -0.15) is 0 Å². The van der Waals surface area contributed by atoms with Crippen LogP contribution in [0, 0.1) is 0 Å². The first-order valence-corrected chi connectivity index (χ1v) is 11.1. The van der Waals surface area contributed by atoms with E-state index < -0.39 is 0 Å². The Morgan fingerprint density at radius 1 is 1.07 bits per heavy atom. The first-order chi connectivity index (χ1) is 14.0. The first kappa shape index (κ1) is 21.7. The zero-order chi connectivity index (χ0) is 20.8. The lowest BCUT2D eigenvalue weighted by Crippen LogP contribution is -2.31. The van der Waals surface area contributed by atoms with Crippen molar-refractivity contribution in [2.75, 3.05) is 18.8 Å². The van der Waals surface area contributed by atoms with Crippen molar-refractivity contribution in [2.24, 2.45) is 0 Å². The fourth-order valence-corrected chi connectivity index (χ4v) is 4.30. The van der Waals surface area contributed by atoms with E-state index in [0.717, 1.165) is 11.1 Å². The molecule has 1 amide bonds. The van der Waals surface area contributed by atoms with Gasteiger partial charge in [-0.15, -0.1) is 10.2 Å². The Labute approximate surface area is 185 Å². The summed E-state index contributed by atoms with van der Waals surface area (Å²) >= 11 is 13.9. The molecule has 29 heavy (non-hydrogen) atoms. The third-order valence-electron chi connectivity index (χ3n) is 4.51. The topological polar surface area (TPSA) is 51.0 Å². The van der Waals surface area contributed by atoms with Crippen LogP contribution in [0.25, 0.3) is 11.4 Å². The van der Waals surface area contributed by atoms with Crippen molar-refractivity contribution in [1.29, 1.82) is 0 Å². The van der Waals surface area contributed by atoms with Gasteiger partial charge in [0.05, 0.1) is 17.3 Å². The number of amides is 1. The maximum absolute atomic E-state index is 12.4. The van der Waals surface area contributed by atoms with Crippen molar-refractivity contribution in [3.63, 3.8) is 0 Å². The van der Waals surface area contributed by atoms with Crippen molar-refractivity contribution < 1.29 is 4.79 Å². The third kappa shape index (κ3) is 5.32. The third-order valence-corrected chi connectivity index (χ3v) is 6.01. The number of nitrogens with zero attached hydrogens (tertiary/aromatic N) is 4. The maximum atomic E-state index is 12.4. The molecule has 0 unspecified atom stereocenters. The van der Waals surface area contributed by atoms with Crippen LogP contribution in [0.15, 0.2) is 53.7 Å². The smallest absolute Gasteiger partial charge is 0.233 e. The summed E-state index contributed by atoms with van der Waals surface area (Å²) < 4.78 is 1.99. The molecular weight excluding hydrogens is 427 g/mol. The van der Waals surface area contributed by atoms with E-state index >= 15 is 0 Å². The summed E-state index contributed by atoms with van der Waals surface area (Å²) in [6, 6.07) is 15.4. The van der Waals surface area contributed by atoms with E-state index in [-0.39, 0.29) is 5.91 Å². The summed E-state index contributed by atoms with van der Waals surface area (Å²) in [5, 5.41) is 10.5. The van der Waals surface area contributed by atoms with Gasteiger partial charge >= 0.3 is 0 Å². The van der Waals surface area contributed by atoms with Gasteiger partial charge in [0, 0.05) is 23.7 Å². The molecule has 8 heteroatoms. The van der Waals surface area contributed by atoms with E-state index in [2.05, 4.69) is 10.2 Å². The highest BCUT2D eigenvalue weighted by Gasteiger charge is 2.19. The van der Waals surface area contributed by atoms with Crippen molar-refractivity contribution in [1.82, 2.24) is 19.7 Å². The number of benzene rings is 2. The van der Waals surface area contributed by atoms with Crippen LogP contribution in [0.1, 0.15) is 19.4 Å². The van der Waals surface area contributed by atoms with Crippen LogP contribution in [0.3, 0.4) is 0 Å². The van der Waals surface area contributed by atoms with Crippen molar-refractivity contribution in [2.45, 2.75) is 25.5 Å². The Morgan fingerprint density at radius 2 is 1.79 bits per heavy atom. The zero-order valence-electron chi connectivity index (χ0n) is 16.3. The summed E-state index contributed by atoms with van der Waals surface area (Å²) in [4.78, 5) is 14.2. The normalized spacial score (nSPS) is 10.9. The van der Waals surface area contributed by atoms with E-state index in [1.54, 1.807) is 12.1 Å². The quantitative estimate of drug-likeness (QED) is 0.440. The summed E-state index contributed by atoms with van der Waals surface area (Å²) in [6.07, 6.45) is 0. The SMILES string of the molecule is CCN(CC)C(=O)CSc1nnc(-c2ccc(Cl)cc2Cl)n1Cc1ccccc1. The second-order valence-electron chi connectivity index (χ2n) is 6.36. The summed E-state index contributed by atoms with van der Waals surface area (Å²) in [7, 11) is 0. The van der Waals surface area contributed by atoms with Gasteiger partial charge in [0.15, 0.2) is 11.0 Å². The summed E-state index contributed by atoms with van der Waals surface area (Å²) in [5.74, 6) is 1.04. The second kappa shape index (κ2) is 10.1. The lowest BCUT2D eigenvalue weighted by atomic mass is 10.2. The van der Waals surface area contributed by atoms with Crippen LogP contribution in [0.5, 0.6) is 0 Å². The zero-order valence-corrected chi connectivity index (χ0v) is 18.6. The average molecular weight is 449 g/mol. The Hall–Kier alpha value is -2.02. The molecule has 1 aromatic heterocycles. The molecule has 0 saturated heterocycles. The molecule has 3 aromatic rings. The fourth-order valence-electron chi connectivity index (χ4n) is 2.97. The molecule has 3 rings (SSSR count). The van der Waals surface area contributed by atoms with E-state index in [9.17, 15) is 4.79 Å². The Morgan fingerprint density at radius 3 is 2.45 bits per heavy atom. The van der Waals surface area contributed by atoms with Crippen molar-refractivity contribution >= 4 is 40.9 Å². The molecule has 0 aliphatic heterocycles. The largest absolute Gasteiger partial charge is 0.343 e. The minimum absolute atomic E-state index is 0.0836. The fraction of sp³-hybridized carbons (Fsp3) is 0.286. The van der Waals surface area contributed by atoms with E-state index in [0.29, 0.717) is 46.4 Å². The summed E-state index contributed by atoms with van der Waals surface area (Å²) in [6.45, 7) is 5.91. The number of rotatable bonds is 8. The van der Waals surface area contributed by atoms with E-state index in [4.69, 9.17) is 23.2 Å². The van der Waals surface area contributed by atoms with Gasteiger partial charge in [0.25, 0.3) is 0 Å². The number of aromatic nitrogens is 3. The standard InChI is InChI=1S/C21H22Cl2N4OS/c1-3-26(4-2)19(28)14-29-21-25-24-20(17-11-10-16(22)12-18(17)23)27(21)13-15-8-6-5-7-9-15/h5-12H,3-4,13-14H2,1-2H3. The van der Waals surface area contributed by atoms with E-state index in [1.807, 2.05) is 59.7 Å². The monoisotopic (exact) mass is 448 g/mol. The molecule has 0 atom stereocenters. The average Bonchev–Trinajstić information content (AvgIpc) is 3.10. The highest BCUT2D eigenvalue weighted by Crippen LogP contribution is 2.32. The molecule has 0 radical (unpaired) electrons. The molecule has 0 aliphatic rings. The lowest BCUT2D eigenvalue weighted by molar-refractivity contribution is -0.127. The number of hydrogen-bond donors (Lipinski definition) is 0. The Bertz CT molecular complexity index is 974. The first-order valence-electron chi connectivity index (χ1n) is 9.36. The molecule has 0 aliphatic carbocycles. The molecule has 2 aromatic carbocycles. The molecule has 0 bridgehead atoms. The maximum Gasteiger partial charge on any atom is 0.233 e. The molecule has 5 nitrogen and oxygen atoms in total. The number of carbonyl (C=O) groups is 1. The lowest BCUT2D eigenvalue weighted by Gasteiger charge is -2.18. The second-order valence-corrected chi connectivity index (χ2v) is 8.14. The van der Waals surface area contributed by atoms with Gasteiger partial charge in [-0.1, -0.05) is 65.3 Å². The van der Waals surface area contributed by atoms with Gasteiger partial charge in [-0.25, -0.2) is 0 Å². The highest BCUT2D eigenvalue weighted by molar-refractivity contribution is 7.99. The minimum atomic E-state index is 0.0836. The van der Waals surface area contributed by atoms with Gasteiger partial charge in [-0.05, 0) is 37.6 Å². The molecule has 1 heterocycles. The van der Waals surface area contributed by atoms with Gasteiger partial charge < -0.3 is 4.90 Å². The molecule has 152 valence electrons. The Balaban J connectivity index is 1.94. The predicted molar refractivity (Wildman–Crippen MR) is 120 cm³/mol. The minimum Gasteiger partial charge on any atom is -0.343 e. The molecular formula is C21H22Cl2N4OS. The van der Waals surface area contributed by atoms with Crippen LogP contribution in [-0.2, 0) is 11.3 Å². The van der Waals surface area contributed by atoms with Gasteiger partial charge in [0.1, 0.15) is 0 Å². The van der Waals surface area contributed by atoms with E-state index in [1.165, 1.54) is 11.8 Å². The van der Waals surface area contributed by atoms with Crippen LogP contribution in [-0.4, -0.2) is 44.4 Å². The van der Waals surface area contributed by atoms with Crippen molar-refractivity contribution in [3.8, 4) is 11.4 Å². The molecule has 0 saturated carbocycles. The molecule has 0 fully saturated rings. The van der Waals surface area contributed by atoms with Crippen LogP contribution >= 0.6 is 35.0 Å². The molecule has 0 spiro atoms. The number of hydrogen-bond acceptors (Lipinski definition) is 4. The van der Waals surface area contributed by atoms with Crippen LogP contribution < -0.4 is 0 Å². The number of thioether (sulfide) groups is 1. The summed E-state index contributed by atoms with van der Waals surface area (Å²) in [5.41, 5.74) is 1.86. The number of carbonyl (C=O) groups excluding carboxylic acids is 1.